The first-order valence-electron chi connectivity index (χ1n) is 4.84. The Labute approximate surface area is 96.2 Å². The van der Waals surface area contributed by atoms with E-state index in [9.17, 15) is 20.1 Å². The predicted molar refractivity (Wildman–Crippen MR) is 52.5 cm³/mol. The molecule has 0 aliphatic carbocycles. The van der Waals surface area contributed by atoms with Gasteiger partial charge in [0.05, 0.1) is 0 Å². The summed E-state index contributed by atoms with van der Waals surface area (Å²) in [6, 6.07) is 0. The molecule has 1 heterocycles. The molecule has 9 heteroatoms. The van der Waals surface area contributed by atoms with Gasteiger partial charge in [0.2, 0.25) is 0 Å². The molecule has 5 atom stereocenters. The molecule has 0 aromatic heterocycles. The lowest BCUT2D eigenvalue weighted by molar-refractivity contribution is -0.229. The van der Waals surface area contributed by atoms with Crippen molar-refractivity contribution in [3.05, 3.63) is 10.4 Å². The van der Waals surface area contributed by atoms with Crippen molar-refractivity contribution in [2.45, 2.75) is 37.6 Å². The van der Waals surface area contributed by atoms with Gasteiger partial charge in [-0.3, -0.25) is 4.79 Å². The van der Waals surface area contributed by atoms with E-state index in [2.05, 4.69) is 14.8 Å². The summed E-state index contributed by atoms with van der Waals surface area (Å²) in [7, 11) is 0. The van der Waals surface area contributed by atoms with Crippen LogP contribution in [0.3, 0.4) is 0 Å². The van der Waals surface area contributed by atoms with Gasteiger partial charge >= 0.3 is 5.97 Å². The maximum atomic E-state index is 10.6. The molecule has 0 aromatic rings. The van der Waals surface area contributed by atoms with Gasteiger partial charge in [0.25, 0.3) is 0 Å². The van der Waals surface area contributed by atoms with E-state index in [-0.39, 0.29) is 6.61 Å². The molecule has 0 bridgehead atoms. The third-order valence-electron chi connectivity index (χ3n) is 2.30. The molecule has 0 amide bonds. The minimum absolute atomic E-state index is 0.308. The summed E-state index contributed by atoms with van der Waals surface area (Å²) in [5, 5.41) is 31.6. The standard InChI is InChI=1S/C8H13N3O6/c1-3(12)16-2-4-5(13)6(14)7(15)8(17-4)10-11-9/h4-8,13-15H,2H2,1H3/t4-,5-,6+,7+,8-/m0/s1. The highest BCUT2D eigenvalue weighted by Gasteiger charge is 2.43. The molecule has 0 aromatic carbocycles. The van der Waals surface area contributed by atoms with Crippen LogP contribution in [0.25, 0.3) is 10.4 Å². The number of azide groups is 1. The molecule has 96 valence electrons. The zero-order chi connectivity index (χ0) is 13.0. The van der Waals surface area contributed by atoms with Crippen molar-refractivity contribution in [3.63, 3.8) is 0 Å². The molecule has 0 radical (unpaired) electrons. The Morgan fingerprint density at radius 3 is 2.59 bits per heavy atom. The Morgan fingerprint density at radius 2 is 2.06 bits per heavy atom. The third kappa shape index (κ3) is 3.29. The Balaban J connectivity index is 2.70. The minimum Gasteiger partial charge on any atom is -0.463 e. The summed E-state index contributed by atoms with van der Waals surface area (Å²) in [5.74, 6) is -0.582. The molecule has 17 heavy (non-hydrogen) atoms. The van der Waals surface area contributed by atoms with E-state index in [0.717, 1.165) is 0 Å². The second-order valence-electron chi connectivity index (χ2n) is 3.54. The lowest BCUT2D eigenvalue weighted by Crippen LogP contribution is -2.58. The molecule has 1 aliphatic rings. The fourth-order valence-corrected chi connectivity index (χ4v) is 1.41. The fraction of sp³-hybridized carbons (Fsp3) is 0.875. The monoisotopic (exact) mass is 247 g/mol. The topological polar surface area (TPSA) is 145 Å². The number of hydrogen-bond donors (Lipinski definition) is 3. The van der Waals surface area contributed by atoms with Gasteiger partial charge in [-0.1, -0.05) is 5.11 Å². The average molecular weight is 247 g/mol. The van der Waals surface area contributed by atoms with Crippen molar-refractivity contribution >= 4 is 5.97 Å². The van der Waals surface area contributed by atoms with Crippen LogP contribution in [0.5, 0.6) is 0 Å². The Hall–Kier alpha value is -1.38. The smallest absolute Gasteiger partial charge is 0.302 e. The lowest BCUT2D eigenvalue weighted by atomic mass is 9.99. The first kappa shape index (κ1) is 13.7. The van der Waals surface area contributed by atoms with Crippen LogP contribution in [-0.2, 0) is 14.3 Å². The maximum Gasteiger partial charge on any atom is 0.302 e. The number of nitrogens with zero attached hydrogens (tertiary/aromatic N) is 3. The number of aliphatic hydroxyl groups is 3. The van der Waals surface area contributed by atoms with Crippen LogP contribution in [0.2, 0.25) is 0 Å². The predicted octanol–water partition coefficient (Wildman–Crippen LogP) is -1.33. The second-order valence-corrected chi connectivity index (χ2v) is 3.54. The normalized spacial score (nSPS) is 37.1. The van der Waals surface area contributed by atoms with Gasteiger partial charge in [-0.25, -0.2) is 0 Å². The van der Waals surface area contributed by atoms with Gasteiger partial charge in [0.1, 0.15) is 31.0 Å². The van der Waals surface area contributed by atoms with Crippen molar-refractivity contribution in [2.75, 3.05) is 6.61 Å². The third-order valence-corrected chi connectivity index (χ3v) is 2.30. The number of rotatable bonds is 3. The molecule has 0 spiro atoms. The average Bonchev–Trinajstić information content (AvgIpc) is 2.28. The summed E-state index contributed by atoms with van der Waals surface area (Å²) in [5.41, 5.74) is 8.23. The van der Waals surface area contributed by atoms with E-state index < -0.39 is 36.6 Å². The Morgan fingerprint density at radius 1 is 1.41 bits per heavy atom. The van der Waals surface area contributed by atoms with Crippen LogP contribution in [0.1, 0.15) is 6.92 Å². The van der Waals surface area contributed by atoms with Gasteiger partial charge < -0.3 is 24.8 Å². The first-order chi connectivity index (χ1) is 7.97. The van der Waals surface area contributed by atoms with E-state index in [1.807, 2.05) is 0 Å². The number of carbonyl (C=O) groups excluding carboxylic acids is 1. The van der Waals surface area contributed by atoms with E-state index in [1.165, 1.54) is 6.92 Å². The molecule has 1 fully saturated rings. The summed E-state index contributed by atoms with van der Waals surface area (Å²) >= 11 is 0. The highest BCUT2D eigenvalue weighted by Crippen LogP contribution is 2.22. The molecule has 1 aliphatic heterocycles. The van der Waals surface area contributed by atoms with Crippen LogP contribution >= 0.6 is 0 Å². The highest BCUT2D eigenvalue weighted by atomic mass is 16.6. The van der Waals surface area contributed by atoms with Gasteiger partial charge in [0, 0.05) is 11.8 Å². The van der Waals surface area contributed by atoms with Crippen molar-refractivity contribution in [1.82, 2.24) is 0 Å². The largest absolute Gasteiger partial charge is 0.463 e. The Bertz CT molecular complexity index is 331. The minimum atomic E-state index is -1.54. The number of ether oxygens (including phenoxy) is 2. The van der Waals surface area contributed by atoms with Crippen LogP contribution < -0.4 is 0 Å². The molecule has 0 saturated carbocycles. The van der Waals surface area contributed by atoms with Crippen LogP contribution in [0.15, 0.2) is 5.11 Å². The number of hydrogen-bond acceptors (Lipinski definition) is 7. The van der Waals surface area contributed by atoms with Gasteiger partial charge in [0.15, 0.2) is 6.23 Å². The first-order valence-corrected chi connectivity index (χ1v) is 4.84. The van der Waals surface area contributed by atoms with Crippen LogP contribution in [0.4, 0.5) is 0 Å². The van der Waals surface area contributed by atoms with Crippen LogP contribution in [-0.4, -0.2) is 58.5 Å². The van der Waals surface area contributed by atoms with E-state index >= 15 is 0 Å². The summed E-state index contributed by atoms with van der Waals surface area (Å²) in [4.78, 5) is 13.0. The molecule has 3 N–H and O–H groups in total. The lowest BCUT2D eigenvalue weighted by Gasteiger charge is -2.38. The summed E-state index contributed by atoms with van der Waals surface area (Å²) in [6.45, 7) is 0.864. The summed E-state index contributed by atoms with van der Waals surface area (Å²) < 4.78 is 9.62. The zero-order valence-corrected chi connectivity index (χ0v) is 9.00. The van der Waals surface area contributed by atoms with Gasteiger partial charge in [-0.2, -0.15) is 0 Å². The van der Waals surface area contributed by atoms with E-state index in [0.29, 0.717) is 0 Å². The second kappa shape index (κ2) is 5.80. The SMILES string of the molecule is CC(=O)OC[C@@H]1O[C@H](N=[N+]=[N-])[C@H](O)[C@H](O)[C@H]1O. The molecule has 1 saturated heterocycles. The number of aliphatic hydroxyl groups excluding tert-OH is 3. The van der Waals surface area contributed by atoms with Crippen molar-refractivity contribution in [2.24, 2.45) is 5.11 Å². The summed E-state index contributed by atoms with van der Waals surface area (Å²) in [6.07, 6.45) is -6.91. The zero-order valence-electron chi connectivity index (χ0n) is 9.00. The van der Waals surface area contributed by atoms with E-state index in [1.54, 1.807) is 0 Å². The molecule has 9 nitrogen and oxygen atoms in total. The molecule has 1 rings (SSSR count). The molecular weight excluding hydrogens is 234 g/mol. The van der Waals surface area contributed by atoms with E-state index in [4.69, 9.17) is 10.3 Å². The number of esters is 1. The molecular formula is C8H13N3O6. The maximum absolute atomic E-state index is 10.6. The fourth-order valence-electron chi connectivity index (χ4n) is 1.41. The van der Waals surface area contributed by atoms with Crippen molar-refractivity contribution < 1.29 is 29.6 Å². The quantitative estimate of drug-likeness (QED) is 0.244. The van der Waals surface area contributed by atoms with Crippen molar-refractivity contribution in [3.8, 4) is 0 Å². The molecule has 0 unspecified atom stereocenters. The van der Waals surface area contributed by atoms with Gasteiger partial charge in [-0.05, 0) is 5.53 Å². The van der Waals surface area contributed by atoms with Crippen molar-refractivity contribution in [1.29, 1.82) is 0 Å². The Kier molecular flexibility index (Phi) is 4.67. The highest BCUT2D eigenvalue weighted by molar-refractivity contribution is 5.65. The van der Waals surface area contributed by atoms with Crippen LogP contribution in [0, 0.1) is 0 Å². The number of carbonyl (C=O) groups is 1. The van der Waals surface area contributed by atoms with Gasteiger partial charge in [-0.15, -0.1) is 0 Å².